The zero-order chi connectivity index (χ0) is 24.4. The van der Waals surface area contributed by atoms with Gasteiger partial charge in [-0.25, -0.2) is 0 Å². The van der Waals surface area contributed by atoms with E-state index in [-0.39, 0.29) is 0 Å². The van der Waals surface area contributed by atoms with Gasteiger partial charge < -0.3 is 0 Å². The van der Waals surface area contributed by atoms with Crippen molar-refractivity contribution in [1.82, 2.24) is 0 Å². The molecule has 0 atom stereocenters. The fourth-order valence-electron chi connectivity index (χ4n) is 2.09. The van der Waals surface area contributed by atoms with Crippen LogP contribution in [-0.4, -0.2) is 0 Å². The summed E-state index contributed by atoms with van der Waals surface area (Å²) in [5.74, 6) is 0. The lowest BCUT2D eigenvalue weighted by atomic mass is 9.88. The fourth-order valence-corrected chi connectivity index (χ4v) is 2.09. The number of rotatable bonds is 5. The fraction of sp³-hybridized carbons (Fsp3) is 0.379. The zero-order valence-electron chi connectivity index (χ0n) is 21.6. The molecule has 0 saturated heterocycles. The van der Waals surface area contributed by atoms with Crippen molar-refractivity contribution in [3.05, 3.63) is 103 Å². The molecule has 0 spiro atoms. The van der Waals surface area contributed by atoms with Crippen molar-refractivity contribution >= 4 is 5.57 Å². The Morgan fingerprint density at radius 1 is 0.690 bits per heavy atom. The van der Waals surface area contributed by atoms with Crippen LogP contribution in [0.1, 0.15) is 79.0 Å². The number of benzene rings is 1. The summed E-state index contributed by atoms with van der Waals surface area (Å²) < 4.78 is 0. The topological polar surface area (TPSA) is 0 Å². The zero-order valence-corrected chi connectivity index (χ0v) is 21.6. The van der Waals surface area contributed by atoms with Crippen LogP contribution in [-0.2, 0) is 0 Å². The average Bonchev–Trinajstić information content (AvgIpc) is 2.78. The van der Waals surface area contributed by atoms with Gasteiger partial charge >= 0.3 is 0 Å². The molecule has 0 unspecified atom stereocenters. The smallest absolute Gasteiger partial charge is 0.00401 e. The molecule has 0 radical (unpaired) electrons. The van der Waals surface area contributed by atoms with Gasteiger partial charge in [-0.05, 0) is 54.2 Å². The second-order valence-corrected chi connectivity index (χ2v) is 4.64. The van der Waals surface area contributed by atoms with E-state index in [9.17, 15) is 0 Å². The first-order chi connectivity index (χ1) is 14.0. The van der Waals surface area contributed by atoms with Crippen LogP contribution in [0.3, 0.4) is 0 Å². The van der Waals surface area contributed by atoms with Crippen LogP contribution in [0.4, 0.5) is 0 Å². The highest BCUT2D eigenvalue weighted by Gasteiger charge is 2.12. The van der Waals surface area contributed by atoms with Crippen LogP contribution >= 0.6 is 0 Å². The molecule has 0 N–H and O–H groups in total. The van der Waals surface area contributed by atoms with Gasteiger partial charge in [-0.1, -0.05) is 124 Å². The van der Waals surface area contributed by atoms with Crippen LogP contribution in [0.25, 0.3) is 5.57 Å². The molecule has 29 heavy (non-hydrogen) atoms. The van der Waals surface area contributed by atoms with E-state index in [1.807, 2.05) is 74.5 Å². The summed E-state index contributed by atoms with van der Waals surface area (Å²) >= 11 is 0. The summed E-state index contributed by atoms with van der Waals surface area (Å²) in [5, 5.41) is 0. The Balaban J connectivity index is -0.000000149. The van der Waals surface area contributed by atoms with E-state index in [1.54, 1.807) is 12.2 Å². The molecule has 0 aliphatic rings. The molecule has 1 rings (SSSR count). The van der Waals surface area contributed by atoms with Crippen LogP contribution in [0.15, 0.2) is 86.5 Å². The molecular formula is C29H50. The average molecular weight is 399 g/mol. The maximum atomic E-state index is 4.08. The van der Waals surface area contributed by atoms with Crippen LogP contribution in [0, 0.1) is 13.8 Å². The van der Waals surface area contributed by atoms with E-state index >= 15 is 0 Å². The summed E-state index contributed by atoms with van der Waals surface area (Å²) in [5.41, 5.74) is 6.56. The summed E-state index contributed by atoms with van der Waals surface area (Å²) in [6.45, 7) is 41.0. The van der Waals surface area contributed by atoms with Gasteiger partial charge in [0.2, 0.25) is 0 Å². The monoisotopic (exact) mass is 398 g/mol. The Labute approximate surface area is 185 Å². The van der Waals surface area contributed by atoms with Crippen LogP contribution < -0.4 is 0 Å². The largest absolute Gasteiger partial charge is 0.103 e. The molecule has 0 amide bonds. The van der Waals surface area contributed by atoms with Gasteiger partial charge in [0.25, 0.3) is 0 Å². The minimum absolute atomic E-state index is 0.891. The normalized spacial score (nSPS) is 7.14. The molecule has 0 aliphatic heterocycles. The molecule has 1 aromatic rings. The van der Waals surface area contributed by atoms with Crippen LogP contribution in [0.2, 0.25) is 0 Å². The lowest BCUT2D eigenvalue weighted by Crippen LogP contribution is -1.97. The third-order valence-corrected chi connectivity index (χ3v) is 3.03. The number of hydrogen-bond donors (Lipinski definition) is 0. The van der Waals surface area contributed by atoms with E-state index in [1.165, 1.54) is 16.7 Å². The molecule has 0 bridgehead atoms. The molecule has 0 fully saturated rings. The SMILES string of the molecule is C=CC.C=CC(=C)C(=C(C=C)C=C)c1c(C)cccc1C.CC.CC.CC.CC. The molecule has 0 nitrogen and oxygen atoms in total. The Kier molecular flexibility index (Phi) is 39.2. The highest BCUT2D eigenvalue weighted by Crippen LogP contribution is 2.32. The Morgan fingerprint density at radius 3 is 1.24 bits per heavy atom. The first kappa shape index (κ1) is 37.4. The standard InChI is InChI=1S/C18H20.C3H6.4C2H6/c1-7-13(4)18(16(8-2)9-3)17-14(5)11-10-12-15(17)6;1-3-2;4*1-2/h7-12H,1-4H2,5-6H3;3H,1H2,2H3;4*1-2H3. The van der Waals surface area contributed by atoms with Gasteiger partial charge in [-0.15, -0.1) is 6.58 Å². The second kappa shape index (κ2) is 30.4. The third-order valence-electron chi connectivity index (χ3n) is 3.03. The summed E-state index contributed by atoms with van der Waals surface area (Å²) in [6.07, 6.45) is 7.14. The van der Waals surface area contributed by atoms with E-state index in [0.717, 1.165) is 16.7 Å². The lowest BCUT2D eigenvalue weighted by molar-refractivity contribution is 1.33. The minimum Gasteiger partial charge on any atom is -0.103 e. The first-order valence-corrected chi connectivity index (χ1v) is 10.9. The number of aryl methyl sites for hydroxylation is 2. The van der Waals surface area contributed by atoms with Crippen molar-refractivity contribution in [3.63, 3.8) is 0 Å². The molecular weight excluding hydrogens is 348 g/mol. The maximum Gasteiger partial charge on any atom is -0.00401 e. The molecule has 0 aromatic heterocycles. The first-order valence-electron chi connectivity index (χ1n) is 10.9. The van der Waals surface area contributed by atoms with Gasteiger partial charge in [-0.2, -0.15) is 0 Å². The molecule has 0 aliphatic carbocycles. The van der Waals surface area contributed by atoms with Crippen molar-refractivity contribution in [3.8, 4) is 0 Å². The predicted octanol–water partition coefficient (Wildman–Crippen LogP) is 10.5. The van der Waals surface area contributed by atoms with Gasteiger partial charge in [0.05, 0.1) is 0 Å². The highest BCUT2D eigenvalue weighted by atomic mass is 14.2. The maximum absolute atomic E-state index is 4.08. The lowest BCUT2D eigenvalue weighted by Gasteiger charge is -2.16. The van der Waals surface area contributed by atoms with Crippen molar-refractivity contribution in [2.45, 2.75) is 76.2 Å². The van der Waals surface area contributed by atoms with Gasteiger partial charge in [0.1, 0.15) is 0 Å². The van der Waals surface area contributed by atoms with Crippen molar-refractivity contribution < 1.29 is 0 Å². The van der Waals surface area contributed by atoms with Crippen molar-refractivity contribution in [2.24, 2.45) is 0 Å². The molecule has 166 valence electrons. The predicted molar refractivity (Wildman–Crippen MR) is 144 cm³/mol. The second-order valence-electron chi connectivity index (χ2n) is 4.64. The Morgan fingerprint density at radius 2 is 1.00 bits per heavy atom. The Bertz CT molecular complexity index is 550. The van der Waals surface area contributed by atoms with Crippen molar-refractivity contribution in [1.29, 1.82) is 0 Å². The minimum atomic E-state index is 0.891. The van der Waals surface area contributed by atoms with E-state index in [0.29, 0.717) is 0 Å². The van der Waals surface area contributed by atoms with Crippen molar-refractivity contribution in [2.75, 3.05) is 0 Å². The quantitative estimate of drug-likeness (QED) is 0.341. The van der Waals surface area contributed by atoms with Gasteiger partial charge in [0, 0.05) is 0 Å². The summed E-state index contributed by atoms with van der Waals surface area (Å²) in [7, 11) is 0. The number of hydrogen-bond acceptors (Lipinski definition) is 0. The van der Waals surface area contributed by atoms with Crippen LogP contribution in [0.5, 0.6) is 0 Å². The van der Waals surface area contributed by atoms with E-state index in [4.69, 9.17) is 0 Å². The van der Waals surface area contributed by atoms with Gasteiger partial charge in [0.15, 0.2) is 0 Å². The molecule has 0 saturated carbocycles. The van der Waals surface area contributed by atoms with E-state index < -0.39 is 0 Å². The third kappa shape index (κ3) is 16.3. The van der Waals surface area contributed by atoms with E-state index in [2.05, 4.69) is 64.9 Å². The summed E-state index contributed by atoms with van der Waals surface area (Å²) in [4.78, 5) is 0. The van der Waals surface area contributed by atoms with Gasteiger partial charge in [-0.3, -0.25) is 0 Å². The molecule has 1 aromatic carbocycles. The highest BCUT2D eigenvalue weighted by molar-refractivity contribution is 5.88. The Hall–Kier alpha value is -2.34. The number of allylic oxidation sites excluding steroid dienone is 7. The molecule has 0 heteroatoms. The summed E-state index contributed by atoms with van der Waals surface area (Å²) in [6, 6.07) is 6.26. The molecule has 0 heterocycles.